The van der Waals surface area contributed by atoms with Gasteiger partial charge in [-0.05, 0) is 30.5 Å². The van der Waals surface area contributed by atoms with Crippen molar-refractivity contribution in [1.29, 1.82) is 0 Å². The largest absolute Gasteiger partial charge is 0.303 e. The lowest BCUT2D eigenvalue weighted by Crippen LogP contribution is -2.07. The summed E-state index contributed by atoms with van der Waals surface area (Å²) in [6.07, 6.45) is 3.77. The van der Waals surface area contributed by atoms with E-state index in [9.17, 15) is 4.79 Å². The zero-order valence-corrected chi connectivity index (χ0v) is 15.4. The fourth-order valence-electron chi connectivity index (χ4n) is 3.40. The number of carbonyl (C=O) groups is 1. The van der Waals surface area contributed by atoms with Crippen LogP contribution in [-0.4, -0.2) is 15.2 Å². The molecule has 4 aromatic rings. The Morgan fingerprint density at radius 2 is 1.63 bits per heavy atom. The van der Waals surface area contributed by atoms with E-state index in [0.717, 1.165) is 34.6 Å². The monoisotopic (exact) mass is 354 g/mol. The van der Waals surface area contributed by atoms with Gasteiger partial charge in [-0.25, -0.2) is 4.98 Å². The summed E-state index contributed by atoms with van der Waals surface area (Å²) in [5.41, 5.74) is 6.14. The van der Waals surface area contributed by atoms with Gasteiger partial charge < -0.3 is 4.40 Å². The molecule has 0 aliphatic heterocycles. The molecule has 2 aromatic carbocycles. The van der Waals surface area contributed by atoms with Crippen LogP contribution < -0.4 is 0 Å². The number of fused-ring (bicyclic) bond motifs is 1. The second-order valence-electron chi connectivity index (χ2n) is 6.91. The molecule has 0 fully saturated rings. The maximum atomic E-state index is 12.8. The number of aromatic nitrogens is 2. The highest BCUT2D eigenvalue weighted by Gasteiger charge is 2.17. The molecule has 0 saturated carbocycles. The smallest absolute Gasteiger partial charge is 0.139 e. The number of carbonyl (C=O) groups excluding carboxylic acids is 1. The fraction of sp³-hybridized carbons (Fsp3) is 0.167. The van der Waals surface area contributed by atoms with E-state index in [2.05, 4.69) is 35.7 Å². The van der Waals surface area contributed by atoms with Crippen LogP contribution in [0.2, 0.25) is 0 Å². The summed E-state index contributed by atoms with van der Waals surface area (Å²) in [5, 5.41) is 0. The predicted octanol–water partition coefficient (Wildman–Crippen LogP) is 5.05. The number of ketones is 1. The molecule has 0 aliphatic carbocycles. The Labute approximate surface area is 159 Å². The Bertz CT molecular complexity index is 1070. The van der Waals surface area contributed by atoms with Gasteiger partial charge in [0.1, 0.15) is 11.4 Å². The second-order valence-corrected chi connectivity index (χ2v) is 6.91. The van der Waals surface area contributed by atoms with Gasteiger partial charge in [-0.3, -0.25) is 4.79 Å². The first kappa shape index (κ1) is 17.2. The van der Waals surface area contributed by atoms with Crippen molar-refractivity contribution in [3.8, 4) is 11.3 Å². The van der Waals surface area contributed by atoms with Gasteiger partial charge in [-0.15, -0.1) is 0 Å². The van der Waals surface area contributed by atoms with Gasteiger partial charge in [0, 0.05) is 24.6 Å². The van der Waals surface area contributed by atoms with Crippen molar-refractivity contribution in [3.63, 3.8) is 0 Å². The van der Waals surface area contributed by atoms with Crippen LogP contribution in [0, 0.1) is 6.92 Å². The number of nitrogens with zero attached hydrogens (tertiary/aromatic N) is 2. The molecule has 0 amide bonds. The van der Waals surface area contributed by atoms with Crippen molar-refractivity contribution in [2.24, 2.45) is 0 Å². The molecule has 0 aliphatic rings. The first-order valence-corrected chi connectivity index (χ1v) is 9.29. The van der Waals surface area contributed by atoms with Crippen LogP contribution in [-0.2, 0) is 17.6 Å². The first-order valence-electron chi connectivity index (χ1n) is 9.29. The number of imidazole rings is 1. The molecular formula is C24H22N2O. The van der Waals surface area contributed by atoms with Crippen molar-refractivity contribution in [1.82, 2.24) is 9.38 Å². The SMILES string of the molecule is Cc1ccc2nc(-c3ccccc3)c(CC(=O)CCc3ccccc3)n2c1. The van der Waals surface area contributed by atoms with Crippen LogP contribution in [0.15, 0.2) is 79.0 Å². The third-order valence-electron chi connectivity index (χ3n) is 4.81. The summed E-state index contributed by atoms with van der Waals surface area (Å²) >= 11 is 0. The van der Waals surface area contributed by atoms with Crippen LogP contribution in [0.3, 0.4) is 0 Å². The van der Waals surface area contributed by atoms with Crippen molar-refractivity contribution in [2.75, 3.05) is 0 Å². The summed E-state index contributed by atoms with van der Waals surface area (Å²) in [7, 11) is 0. The maximum Gasteiger partial charge on any atom is 0.139 e. The lowest BCUT2D eigenvalue weighted by atomic mass is 10.0. The Balaban J connectivity index is 1.65. The molecule has 0 radical (unpaired) electrons. The Kier molecular flexibility index (Phi) is 4.84. The van der Waals surface area contributed by atoms with E-state index in [1.165, 1.54) is 5.56 Å². The zero-order valence-electron chi connectivity index (χ0n) is 15.4. The molecule has 134 valence electrons. The quantitative estimate of drug-likeness (QED) is 0.485. The molecule has 2 aromatic heterocycles. The molecule has 27 heavy (non-hydrogen) atoms. The van der Waals surface area contributed by atoms with Crippen molar-refractivity contribution < 1.29 is 4.79 Å². The van der Waals surface area contributed by atoms with Gasteiger partial charge in [0.25, 0.3) is 0 Å². The third kappa shape index (κ3) is 3.82. The highest BCUT2D eigenvalue weighted by Crippen LogP contribution is 2.25. The molecule has 4 rings (SSSR count). The van der Waals surface area contributed by atoms with Crippen LogP contribution in [0.4, 0.5) is 0 Å². The molecular weight excluding hydrogens is 332 g/mol. The Morgan fingerprint density at radius 3 is 2.37 bits per heavy atom. The number of aryl methyl sites for hydroxylation is 2. The van der Waals surface area contributed by atoms with Gasteiger partial charge in [-0.1, -0.05) is 66.7 Å². The average Bonchev–Trinajstić information content (AvgIpc) is 3.05. The minimum absolute atomic E-state index is 0.236. The zero-order chi connectivity index (χ0) is 18.6. The van der Waals surface area contributed by atoms with E-state index < -0.39 is 0 Å². The van der Waals surface area contributed by atoms with Gasteiger partial charge in [-0.2, -0.15) is 0 Å². The van der Waals surface area contributed by atoms with E-state index in [4.69, 9.17) is 4.98 Å². The van der Waals surface area contributed by atoms with Gasteiger partial charge in [0.2, 0.25) is 0 Å². The van der Waals surface area contributed by atoms with Crippen LogP contribution >= 0.6 is 0 Å². The van der Waals surface area contributed by atoms with Gasteiger partial charge >= 0.3 is 0 Å². The minimum Gasteiger partial charge on any atom is -0.303 e. The number of rotatable bonds is 6. The average molecular weight is 354 g/mol. The molecule has 0 N–H and O–H groups in total. The number of hydrogen-bond donors (Lipinski definition) is 0. The number of hydrogen-bond acceptors (Lipinski definition) is 2. The molecule has 0 saturated heterocycles. The van der Waals surface area contributed by atoms with E-state index in [1.807, 2.05) is 54.6 Å². The van der Waals surface area contributed by atoms with E-state index in [1.54, 1.807) is 0 Å². The minimum atomic E-state index is 0.236. The van der Waals surface area contributed by atoms with Crippen molar-refractivity contribution >= 4 is 11.4 Å². The van der Waals surface area contributed by atoms with E-state index >= 15 is 0 Å². The molecule has 2 heterocycles. The van der Waals surface area contributed by atoms with Crippen molar-refractivity contribution in [3.05, 3.63) is 95.8 Å². The van der Waals surface area contributed by atoms with Gasteiger partial charge in [0.15, 0.2) is 0 Å². The number of benzene rings is 2. The summed E-state index contributed by atoms with van der Waals surface area (Å²) in [6, 6.07) is 24.3. The highest BCUT2D eigenvalue weighted by atomic mass is 16.1. The summed E-state index contributed by atoms with van der Waals surface area (Å²) < 4.78 is 2.07. The second kappa shape index (κ2) is 7.58. The molecule has 0 atom stereocenters. The summed E-state index contributed by atoms with van der Waals surface area (Å²) in [6.45, 7) is 2.06. The van der Waals surface area contributed by atoms with E-state index in [-0.39, 0.29) is 5.78 Å². The third-order valence-corrected chi connectivity index (χ3v) is 4.81. The molecule has 3 heteroatoms. The maximum absolute atomic E-state index is 12.8. The van der Waals surface area contributed by atoms with Crippen LogP contribution in [0.25, 0.3) is 16.9 Å². The summed E-state index contributed by atoms with van der Waals surface area (Å²) in [4.78, 5) is 17.6. The molecule has 0 unspecified atom stereocenters. The lowest BCUT2D eigenvalue weighted by Gasteiger charge is -2.06. The molecule has 3 nitrogen and oxygen atoms in total. The number of pyridine rings is 1. The standard InChI is InChI=1S/C24H22N2O/c1-18-12-15-23-25-24(20-10-6-3-7-11-20)22(26(23)17-18)16-21(27)14-13-19-8-4-2-5-9-19/h2-12,15,17H,13-14,16H2,1H3. The van der Waals surface area contributed by atoms with Crippen molar-refractivity contribution in [2.45, 2.75) is 26.2 Å². The topological polar surface area (TPSA) is 34.4 Å². The van der Waals surface area contributed by atoms with Crippen LogP contribution in [0.1, 0.15) is 23.2 Å². The summed E-state index contributed by atoms with van der Waals surface area (Å²) in [5.74, 6) is 0.236. The molecule has 0 spiro atoms. The van der Waals surface area contributed by atoms with E-state index in [0.29, 0.717) is 12.8 Å². The normalized spacial score (nSPS) is 11.0. The highest BCUT2D eigenvalue weighted by molar-refractivity contribution is 5.83. The Hall–Kier alpha value is -3.20. The lowest BCUT2D eigenvalue weighted by molar-refractivity contribution is -0.118. The molecule has 0 bridgehead atoms. The Morgan fingerprint density at radius 1 is 0.926 bits per heavy atom. The number of Topliss-reactive ketones (excluding diaryl/α,β-unsaturated/α-hetero) is 1. The fourth-order valence-corrected chi connectivity index (χ4v) is 3.40. The predicted molar refractivity (Wildman–Crippen MR) is 109 cm³/mol. The van der Waals surface area contributed by atoms with Crippen LogP contribution in [0.5, 0.6) is 0 Å². The van der Waals surface area contributed by atoms with Gasteiger partial charge in [0.05, 0.1) is 11.4 Å². The first-order chi connectivity index (χ1) is 13.2.